The zero-order valence-electron chi connectivity index (χ0n) is 15.1. The average Bonchev–Trinajstić information content (AvgIpc) is 2.80. The van der Waals surface area contributed by atoms with Gasteiger partial charge in [0, 0.05) is 26.2 Å². The monoisotopic (exact) mass is 420 g/mol. The number of benzene rings is 1. The molecule has 140 valence electrons. The number of carbonyl (C=O) groups is 2. The van der Waals surface area contributed by atoms with Gasteiger partial charge in [0.2, 0.25) is 11.8 Å². The van der Waals surface area contributed by atoms with Crippen LogP contribution in [-0.4, -0.2) is 52.9 Å². The summed E-state index contributed by atoms with van der Waals surface area (Å²) in [4.78, 5) is 28.6. The number of piperidine rings is 1. The summed E-state index contributed by atoms with van der Waals surface area (Å²) in [7, 11) is 0. The largest absolute Gasteiger partial charge is 0.507 e. The molecular weight excluding hydrogens is 396 g/mol. The molecule has 5 nitrogen and oxygen atoms in total. The Morgan fingerprint density at radius 3 is 2.77 bits per heavy atom. The van der Waals surface area contributed by atoms with Crippen LogP contribution in [0.5, 0.6) is 5.75 Å². The lowest BCUT2D eigenvalue weighted by Gasteiger charge is -2.34. The van der Waals surface area contributed by atoms with E-state index in [4.69, 9.17) is 0 Å². The third kappa shape index (κ3) is 3.80. The van der Waals surface area contributed by atoms with Crippen LogP contribution in [0.2, 0.25) is 0 Å². The van der Waals surface area contributed by atoms with Crippen LogP contribution in [0.15, 0.2) is 29.3 Å². The van der Waals surface area contributed by atoms with Crippen LogP contribution >= 0.6 is 15.9 Å². The first-order chi connectivity index (χ1) is 12.4. The van der Waals surface area contributed by atoms with Crippen LogP contribution in [0.25, 0.3) is 0 Å². The molecule has 26 heavy (non-hydrogen) atoms. The van der Waals surface area contributed by atoms with Gasteiger partial charge in [0.1, 0.15) is 5.75 Å². The first-order valence-electron chi connectivity index (χ1n) is 9.12. The zero-order chi connectivity index (χ0) is 18.8. The van der Waals surface area contributed by atoms with Gasteiger partial charge in [-0.3, -0.25) is 9.59 Å². The van der Waals surface area contributed by atoms with Gasteiger partial charge in [0.15, 0.2) is 0 Å². The molecule has 1 fully saturated rings. The molecule has 2 unspecified atom stereocenters. The van der Waals surface area contributed by atoms with Gasteiger partial charge >= 0.3 is 0 Å². The Bertz CT molecular complexity index is 734. The molecule has 0 spiro atoms. The van der Waals surface area contributed by atoms with E-state index in [1.54, 1.807) is 4.90 Å². The van der Waals surface area contributed by atoms with E-state index in [9.17, 15) is 14.7 Å². The van der Waals surface area contributed by atoms with Crippen LogP contribution in [0.4, 0.5) is 0 Å². The van der Waals surface area contributed by atoms with Crippen LogP contribution in [0.1, 0.15) is 36.8 Å². The number of phenolic OH excluding ortho intramolecular Hbond substituents is 1. The van der Waals surface area contributed by atoms with Gasteiger partial charge < -0.3 is 14.9 Å². The van der Waals surface area contributed by atoms with Gasteiger partial charge in [0.25, 0.3) is 0 Å². The molecular formula is C20H25BrN2O3. The second-order valence-corrected chi connectivity index (χ2v) is 8.12. The highest BCUT2D eigenvalue weighted by molar-refractivity contribution is 9.10. The number of aromatic hydroxyl groups is 1. The molecule has 0 radical (unpaired) electrons. The fourth-order valence-electron chi connectivity index (χ4n) is 4.04. The third-order valence-electron chi connectivity index (χ3n) is 5.45. The number of halogens is 1. The van der Waals surface area contributed by atoms with E-state index < -0.39 is 0 Å². The predicted octanol–water partition coefficient (Wildman–Crippen LogP) is 3.07. The number of likely N-dealkylation sites (tertiary alicyclic amines) is 1. The number of phenols is 1. The zero-order valence-corrected chi connectivity index (χ0v) is 16.7. The summed E-state index contributed by atoms with van der Waals surface area (Å²) in [5.41, 5.74) is 2.28. The number of hydrogen-bond acceptors (Lipinski definition) is 3. The first kappa shape index (κ1) is 19.0. The Morgan fingerprint density at radius 2 is 2.04 bits per heavy atom. The Labute approximate surface area is 162 Å². The highest BCUT2D eigenvalue weighted by atomic mass is 79.9. The summed E-state index contributed by atoms with van der Waals surface area (Å²) in [5, 5.41) is 10.00. The van der Waals surface area contributed by atoms with Crippen LogP contribution < -0.4 is 0 Å². The van der Waals surface area contributed by atoms with Crippen LogP contribution in [0.3, 0.4) is 0 Å². The maximum atomic E-state index is 13.1. The number of amides is 2. The van der Waals surface area contributed by atoms with Crippen molar-refractivity contribution in [3.05, 3.63) is 40.4 Å². The minimum absolute atomic E-state index is 0.0977. The average molecular weight is 421 g/mol. The van der Waals surface area contributed by atoms with Gasteiger partial charge in [-0.15, -0.1) is 0 Å². The van der Waals surface area contributed by atoms with E-state index in [2.05, 4.69) is 29.4 Å². The lowest BCUT2D eigenvalue weighted by Crippen LogP contribution is -2.47. The van der Waals surface area contributed by atoms with E-state index in [0.717, 1.165) is 24.8 Å². The van der Waals surface area contributed by atoms with Gasteiger partial charge in [-0.25, -0.2) is 0 Å². The highest BCUT2D eigenvalue weighted by Gasteiger charge is 2.32. The van der Waals surface area contributed by atoms with E-state index in [1.807, 2.05) is 17.0 Å². The van der Waals surface area contributed by atoms with Crippen molar-refractivity contribution in [3.8, 4) is 5.75 Å². The van der Waals surface area contributed by atoms with Gasteiger partial charge in [-0.05, 0) is 70.4 Å². The normalized spacial score (nSPS) is 23.2. The molecule has 2 aliphatic heterocycles. The molecule has 3 rings (SSSR count). The molecule has 6 heteroatoms. The molecule has 0 aromatic heterocycles. The van der Waals surface area contributed by atoms with Crippen LogP contribution in [-0.2, 0) is 16.0 Å². The fourth-order valence-corrected chi connectivity index (χ4v) is 4.43. The summed E-state index contributed by atoms with van der Waals surface area (Å²) in [6.45, 7) is 8.12. The van der Waals surface area contributed by atoms with Crippen molar-refractivity contribution < 1.29 is 14.7 Å². The van der Waals surface area contributed by atoms with Crippen molar-refractivity contribution in [1.82, 2.24) is 9.80 Å². The van der Waals surface area contributed by atoms with Gasteiger partial charge in [0.05, 0.1) is 10.4 Å². The maximum absolute atomic E-state index is 13.1. The number of carbonyl (C=O) groups excluding carboxylic acids is 2. The van der Waals surface area contributed by atoms with Crippen molar-refractivity contribution in [3.63, 3.8) is 0 Å². The molecule has 1 aromatic rings. The molecule has 1 N–H and O–H groups in total. The number of rotatable bonds is 2. The van der Waals surface area contributed by atoms with E-state index in [0.29, 0.717) is 30.7 Å². The van der Waals surface area contributed by atoms with Crippen molar-refractivity contribution in [1.29, 1.82) is 0 Å². The minimum atomic E-state index is -0.138. The summed E-state index contributed by atoms with van der Waals surface area (Å²) in [6, 6.07) is 3.77. The molecule has 0 saturated carbocycles. The lowest BCUT2D eigenvalue weighted by molar-refractivity contribution is -0.139. The topological polar surface area (TPSA) is 60.9 Å². The van der Waals surface area contributed by atoms with E-state index in [-0.39, 0.29) is 29.4 Å². The Balaban J connectivity index is 1.73. The van der Waals surface area contributed by atoms with Gasteiger partial charge in [-0.1, -0.05) is 13.5 Å². The molecule has 2 amide bonds. The molecule has 1 aromatic carbocycles. The van der Waals surface area contributed by atoms with Crippen molar-refractivity contribution in [2.75, 3.05) is 26.2 Å². The lowest BCUT2D eigenvalue weighted by atomic mass is 9.94. The molecule has 2 heterocycles. The quantitative estimate of drug-likeness (QED) is 0.747. The minimum Gasteiger partial charge on any atom is -0.507 e. The Kier molecular flexibility index (Phi) is 5.70. The second-order valence-electron chi connectivity index (χ2n) is 7.27. The second kappa shape index (κ2) is 7.82. The van der Waals surface area contributed by atoms with E-state index in [1.165, 1.54) is 11.6 Å². The fraction of sp³-hybridized carbons (Fsp3) is 0.500. The number of fused-ring (bicyclic) bond motifs is 1. The molecule has 0 aliphatic carbocycles. The SMILES string of the molecule is C=CC(=O)N1CCCC(C(=O)N2CCc3cc(Br)c(O)cc3C(C)C2)C1. The summed E-state index contributed by atoms with van der Waals surface area (Å²) in [6.07, 6.45) is 3.76. The van der Waals surface area contributed by atoms with E-state index >= 15 is 0 Å². The maximum Gasteiger partial charge on any atom is 0.245 e. The number of hydrogen-bond donors (Lipinski definition) is 1. The summed E-state index contributed by atoms with van der Waals surface area (Å²) >= 11 is 3.38. The highest BCUT2D eigenvalue weighted by Crippen LogP contribution is 2.34. The smallest absolute Gasteiger partial charge is 0.245 e. The molecule has 0 bridgehead atoms. The third-order valence-corrected chi connectivity index (χ3v) is 6.09. The molecule has 2 atom stereocenters. The first-order valence-corrected chi connectivity index (χ1v) is 9.91. The van der Waals surface area contributed by atoms with Crippen molar-refractivity contribution >= 4 is 27.7 Å². The number of nitrogens with zero attached hydrogens (tertiary/aromatic N) is 2. The van der Waals surface area contributed by atoms with Crippen LogP contribution in [0, 0.1) is 5.92 Å². The molecule has 1 saturated heterocycles. The summed E-state index contributed by atoms with van der Waals surface area (Å²) < 4.78 is 0.689. The van der Waals surface area contributed by atoms with Crippen molar-refractivity contribution in [2.24, 2.45) is 5.92 Å². The molecule has 2 aliphatic rings. The van der Waals surface area contributed by atoms with Gasteiger partial charge in [-0.2, -0.15) is 0 Å². The predicted molar refractivity (Wildman–Crippen MR) is 104 cm³/mol. The Morgan fingerprint density at radius 1 is 1.27 bits per heavy atom. The standard InChI is InChI=1S/C20H25BrN2O3/c1-3-19(25)22-7-4-5-15(12-22)20(26)23-8-6-14-9-17(21)18(24)10-16(14)13(2)11-23/h3,9-10,13,15,24H,1,4-8,11-12H2,2H3. The summed E-state index contributed by atoms with van der Waals surface area (Å²) in [5.74, 6) is 0.293. The van der Waals surface area contributed by atoms with Crippen molar-refractivity contribution in [2.45, 2.75) is 32.1 Å². The Hall–Kier alpha value is -1.82.